The van der Waals surface area contributed by atoms with E-state index in [2.05, 4.69) is 24.0 Å². The number of anilines is 1. The molecule has 0 N–H and O–H groups in total. The molecule has 0 bridgehead atoms. The lowest BCUT2D eigenvalue weighted by Crippen LogP contribution is -2.41. The minimum Gasteiger partial charge on any atom is -0.342 e. The predicted molar refractivity (Wildman–Crippen MR) is 106 cm³/mol. The maximum Gasteiger partial charge on any atom is 0.332 e. The summed E-state index contributed by atoms with van der Waals surface area (Å²) in [4.78, 5) is 32.3. The minimum absolute atomic E-state index is 0.244. The van der Waals surface area contributed by atoms with Crippen molar-refractivity contribution in [2.75, 3.05) is 18.0 Å². The van der Waals surface area contributed by atoms with Crippen molar-refractivity contribution in [2.45, 2.75) is 33.4 Å². The number of benzene rings is 1. The van der Waals surface area contributed by atoms with E-state index >= 15 is 0 Å². The van der Waals surface area contributed by atoms with Crippen LogP contribution in [0.3, 0.4) is 0 Å². The summed E-state index contributed by atoms with van der Waals surface area (Å²) in [5, 5.41) is 0. The first-order valence-corrected chi connectivity index (χ1v) is 9.50. The summed E-state index contributed by atoms with van der Waals surface area (Å²) >= 11 is 0. The summed E-state index contributed by atoms with van der Waals surface area (Å²) < 4.78 is 4.78. The van der Waals surface area contributed by atoms with Crippen LogP contribution in [0, 0.1) is 5.92 Å². The Morgan fingerprint density at radius 3 is 2.59 bits per heavy atom. The molecule has 0 saturated carbocycles. The molecule has 0 fully saturated rings. The molecule has 3 aromatic rings. The van der Waals surface area contributed by atoms with E-state index in [0.717, 1.165) is 32.0 Å². The van der Waals surface area contributed by atoms with Gasteiger partial charge >= 0.3 is 5.69 Å². The highest BCUT2D eigenvalue weighted by molar-refractivity contribution is 5.75. The first-order valence-electron chi connectivity index (χ1n) is 9.50. The van der Waals surface area contributed by atoms with Crippen molar-refractivity contribution in [3.05, 3.63) is 56.7 Å². The number of rotatable bonds is 4. The summed E-state index contributed by atoms with van der Waals surface area (Å²) in [6.45, 7) is 6.82. The zero-order valence-corrected chi connectivity index (χ0v) is 16.1. The third-order valence-electron chi connectivity index (χ3n) is 5.35. The van der Waals surface area contributed by atoms with Crippen LogP contribution in [0.25, 0.3) is 11.2 Å². The Hall–Kier alpha value is -2.83. The summed E-state index contributed by atoms with van der Waals surface area (Å²) in [6, 6.07) is 10.4. The van der Waals surface area contributed by atoms with Crippen LogP contribution >= 0.6 is 0 Å². The van der Waals surface area contributed by atoms with E-state index < -0.39 is 0 Å². The van der Waals surface area contributed by atoms with Gasteiger partial charge in [-0.05, 0) is 24.8 Å². The standard InChI is InChI=1S/C20H25N5O2/c1-4-24-18(26)16-17(22(3)20(24)27)21-19-23(12-14(2)13-25(16)19)11-10-15-8-6-5-7-9-15/h5-9,14H,4,10-13H2,1-3H3/t14-/m1/s1. The van der Waals surface area contributed by atoms with Crippen molar-refractivity contribution in [1.29, 1.82) is 0 Å². The van der Waals surface area contributed by atoms with Crippen molar-refractivity contribution < 1.29 is 0 Å². The number of fused-ring (bicyclic) bond motifs is 3. The Balaban J connectivity index is 1.81. The van der Waals surface area contributed by atoms with E-state index in [1.165, 1.54) is 14.7 Å². The van der Waals surface area contributed by atoms with Crippen LogP contribution in [0.5, 0.6) is 0 Å². The maximum atomic E-state index is 12.9. The highest BCUT2D eigenvalue weighted by Gasteiger charge is 2.28. The number of hydrogen-bond donors (Lipinski definition) is 0. The van der Waals surface area contributed by atoms with Gasteiger partial charge in [0.25, 0.3) is 5.56 Å². The molecule has 142 valence electrons. The van der Waals surface area contributed by atoms with Gasteiger partial charge in [0.2, 0.25) is 5.95 Å². The molecule has 7 nitrogen and oxygen atoms in total. The Morgan fingerprint density at radius 2 is 1.89 bits per heavy atom. The van der Waals surface area contributed by atoms with Gasteiger partial charge in [-0.25, -0.2) is 4.79 Å². The van der Waals surface area contributed by atoms with Crippen molar-refractivity contribution in [3.8, 4) is 0 Å². The van der Waals surface area contributed by atoms with Crippen LogP contribution in [-0.4, -0.2) is 31.8 Å². The normalized spacial score (nSPS) is 16.7. The molecular formula is C20H25N5O2. The maximum absolute atomic E-state index is 12.9. The fourth-order valence-electron chi connectivity index (χ4n) is 3.98. The molecular weight excluding hydrogens is 342 g/mol. The van der Waals surface area contributed by atoms with Gasteiger partial charge in [-0.1, -0.05) is 37.3 Å². The van der Waals surface area contributed by atoms with Gasteiger partial charge in [-0.15, -0.1) is 0 Å². The van der Waals surface area contributed by atoms with E-state index in [1.807, 2.05) is 29.7 Å². The topological polar surface area (TPSA) is 65.1 Å². The first kappa shape index (κ1) is 17.6. The molecule has 0 radical (unpaired) electrons. The second-order valence-electron chi connectivity index (χ2n) is 7.37. The monoisotopic (exact) mass is 367 g/mol. The highest BCUT2D eigenvalue weighted by atomic mass is 16.2. The fourth-order valence-corrected chi connectivity index (χ4v) is 3.98. The third-order valence-corrected chi connectivity index (χ3v) is 5.35. The van der Waals surface area contributed by atoms with Crippen molar-refractivity contribution in [1.82, 2.24) is 18.7 Å². The molecule has 0 saturated heterocycles. The SMILES string of the molecule is CCn1c(=O)c2c(nc3n2C[C@H](C)CN3CCc2ccccc2)n(C)c1=O. The summed E-state index contributed by atoms with van der Waals surface area (Å²) in [7, 11) is 1.69. The predicted octanol–water partition coefficient (Wildman–Crippen LogP) is 1.62. The molecule has 1 aliphatic heterocycles. The summed E-state index contributed by atoms with van der Waals surface area (Å²) in [6.07, 6.45) is 0.912. The van der Waals surface area contributed by atoms with Crippen LogP contribution in [0.2, 0.25) is 0 Å². The number of aromatic nitrogens is 4. The average Bonchev–Trinajstić information content (AvgIpc) is 3.05. The number of nitrogens with zero attached hydrogens (tertiary/aromatic N) is 5. The fraction of sp³-hybridized carbons (Fsp3) is 0.450. The van der Waals surface area contributed by atoms with E-state index in [-0.39, 0.29) is 11.2 Å². The van der Waals surface area contributed by atoms with E-state index in [1.54, 1.807) is 7.05 Å². The number of aryl methyl sites for hydroxylation is 1. The van der Waals surface area contributed by atoms with Crippen LogP contribution in [0.15, 0.2) is 39.9 Å². The number of imidazole rings is 1. The van der Waals surface area contributed by atoms with E-state index in [4.69, 9.17) is 4.98 Å². The molecule has 27 heavy (non-hydrogen) atoms. The molecule has 0 aliphatic carbocycles. The molecule has 0 spiro atoms. The van der Waals surface area contributed by atoms with Gasteiger partial charge < -0.3 is 9.47 Å². The van der Waals surface area contributed by atoms with Gasteiger partial charge in [0.1, 0.15) is 0 Å². The molecule has 1 atom stereocenters. The molecule has 7 heteroatoms. The van der Waals surface area contributed by atoms with Gasteiger partial charge in [0.15, 0.2) is 11.2 Å². The lowest BCUT2D eigenvalue weighted by Gasteiger charge is -2.33. The summed E-state index contributed by atoms with van der Waals surface area (Å²) in [5.74, 6) is 1.19. The smallest absolute Gasteiger partial charge is 0.332 e. The minimum atomic E-state index is -0.311. The summed E-state index contributed by atoms with van der Waals surface area (Å²) in [5.41, 5.74) is 1.73. The molecule has 4 rings (SSSR count). The zero-order chi connectivity index (χ0) is 19.1. The number of hydrogen-bond acceptors (Lipinski definition) is 4. The second kappa shape index (κ2) is 6.72. The largest absolute Gasteiger partial charge is 0.342 e. The third kappa shape index (κ3) is 2.87. The van der Waals surface area contributed by atoms with E-state index in [9.17, 15) is 9.59 Å². The van der Waals surface area contributed by atoms with Crippen LogP contribution in [-0.2, 0) is 26.6 Å². The van der Waals surface area contributed by atoms with Gasteiger partial charge in [-0.2, -0.15) is 4.98 Å². The second-order valence-corrected chi connectivity index (χ2v) is 7.37. The molecule has 3 heterocycles. The molecule has 2 aromatic heterocycles. The van der Waals surface area contributed by atoms with E-state index in [0.29, 0.717) is 23.6 Å². The van der Waals surface area contributed by atoms with Crippen molar-refractivity contribution in [3.63, 3.8) is 0 Å². The molecule has 0 unspecified atom stereocenters. The van der Waals surface area contributed by atoms with Crippen LogP contribution in [0.1, 0.15) is 19.4 Å². The van der Waals surface area contributed by atoms with Gasteiger partial charge in [-0.3, -0.25) is 13.9 Å². The highest BCUT2D eigenvalue weighted by Crippen LogP contribution is 2.26. The van der Waals surface area contributed by atoms with Gasteiger partial charge in [0, 0.05) is 33.2 Å². The Bertz CT molecular complexity index is 1090. The Morgan fingerprint density at radius 1 is 1.15 bits per heavy atom. The Kier molecular flexibility index (Phi) is 4.37. The molecule has 1 aliphatic rings. The Labute approximate surface area is 157 Å². The molecule has 1 aromatic carbocycles. The van der Waals surface area contributed by atoms with Gasteiger partial charge in [0.05, 0.1) is 0 Å². The molecule has 0 amide bonds. The zero-order valence-electron chi connectivity index (χ0n) is 16.1. The average molecular weight is 367 g/mol. The quantitative estimate of drug-likeness (QED) is 0.703. The van der Waals surface area contributed by atoms with Crippen LogP contribution in [0.4, 0.5) is 5.95 Å². The van der Waals surface area contributed by atoms with Crippen molar-refractivity contribution in [2.24, 2.45) is 13.0 Å². The lowest BCUT2D eigenvalue weighted by atomic mass is 10.1. The lowest BCUT2D eigenvalue weighted by molar-refractivity contribution is 0.436. The first-order chi connectivity index (χ1) is 13.0. The van der Waals surface area contributed by atoms with Crippen LogP contribution < -0.4 is 16.1 Å². The van der Waals surface area contributed by atoms with Crippen molar-refractivity contribution >= 4 is 17.1 Å².